The van der Waals surface area contributed by atoms with E-state index < -0.39 is 22.1 Å². The van der Waals surface area contributed by atoms with Gasteiger partial charge < -0.3 is 15.2 Å². The van der Waals surface area contributed by atoms with Gasteiger partial charge in [0.25, 0.3) is 10.0 Å². The van der Waals surface area contributed by atoms with E-state index in [1.807, 2.05) is 11.6 Å². The van der Waals surface area contributed by atoms with Crippen molar-refractivity contribution in [2.45, 2.75) is 37.6 Å². The van der Waals surface area contributed by atoms with Crippen LogP contribution in [0.25, 0.3) is 10.9 Å². The van der Waals surface area contributed by atoms with Crippen molar-refractivity contribution >= 4 is 38.6 Å². The number of anilines is 1. The summed E-state index contributed by atoms with van der Waals surface area (Å²) in [6, 6.07) is 10.3. The molecule has 3 amide bonds. The molecule has 0 saturated carbocycles. The Labute approximate surface area is 190 Å². The molecule has 0 aliphatic heterocycles. The number of hydrogen-bond donors (Lipinski definition) is 3. The van der Waals surface area contributed by atoms with Crippen LogP contribution >= 0.6 is 0 Å². The topological polar surface area (TPSA) is 109 Å². The number of urea groups is 1. The van der Waals surface area contributed by atoms with Crippen LogP contribution in [-0.4, -0.2) is 31.5 Å². The molecule has 3 N–H and O–H groups in total. The van der Waals surface area contributed by atoms with E-state index in [9.17, 15) is 22.4 Å². The van der Waals surface area contributed by atoms with Crippen LogP contribution in [0.2, 0.25) is 0 Å². The van der Waals surface area contributed by atoms with Gasteiger partial charge in [-0.05, 0) is 55.8 Å². The monoisotopic (exact) mass is 466 g/mol. The van der Waals surface area contributed by atoms with Gasteiger partial charge in [-0.3, -0.25) is 4.79 Å². The molecule has 0 spiro atoms. The number of aromatic nitrogens is 1. The molecule has 176 valence electrons. The maximum absolute atomic E-state index is 13.9. The third kappa shape index (κ3) is 5.25. The van der Waals surface area contributed by atoms with E-state index >= 15 is 0 Å². The molecular weight excluding hydrogens is 435 g/mol. The number of fused-ring (bicyclic) bond motifs is 1. The number of rotatable bonds is 8. The van der Waals surface area contributed by atoms with Crippen LogP contribution in [0.1, 0.15) is 37.0 Å². The summed E-state index contributed by atoms with van der Waals surface area (Å²) in [5.74, 6) is -0.714. The molecule has 0 aliphatic rings. The van der Waals surface area contributed by atoms with Crippen molar-refractivity contribution in [2.24, 2.45) is 0 Å². The third-order valence-electron chi connectivity index (χ3n) is 4.98. The molecule has 1 aromatic heterocycles. The zero-order chi connectivity index (χ0) is 23.3. The zero-order valence-electron chi connectivity index (χ0n) is 17.8. The van der Waals surface area contributed by atoms with Crippen molar-refractivity contribution in [1.82, 2.24) is 14.6 Å². The van der Waals surface area contributed by atoms with E-state index in [1.165, 1.54) is 30.3 Å². The SMILES string of the molecule is CCCCNC(=O)NS(=O)(=O)c1ccc(NC(=O)[C@@H](C)n2ccc3c(F)cccc32)cc1.[HH].[HH].[HH]. The van der Waals surface area contributed by atoms with Crippen molar-refractivity contribution in [2.75, 3.05) is 11.9 Å². The third-order valence-corrected chi connectivity index (χ3v) is 6.33. The van der Waals surface area contributed by atoms with E-state index in [1.54, 1.807) is 35.9 Å². The van der Waals surface area contributed by atoms with E-state index in [0.29, 0.717) is 23.1 Å². The predicted octanol–water partition coefficient (Wildman–Crippen LogP) is 4.51. The summed E-state index contributed by atoms with van der Waals surface area (Å²) in [4.78, 5) is 24.3. The zero-order valence-corrected chi connectivity index (χ0v) is 18.6. The Morgan fingerprint density at radius 1 is 1.12 bits per heavy atom. The molecule has 32 heavy (non-hydrogen) atoms. The molecule has 3 rings (SSSR count). The molecule has 1 atom stereocenters. The molecule has 0 radical (unpaired) electrons. The number of unbranched alkanes of at least 4 members (excludes halogenated alkanes) is 1. The van der Waals surface area contributed by atoms with Crippen molar-refractivity contribution in [3.63, 3.8) is 0 Å². The Morgan fingerprint density at radius 2 is 1.84 bits per heavy atom. The highest BCUT2D eigenvalue weighted by Crippen LogP contribution is 2.23. The predicted molar refractivity (Wildman–Crippen MR) is 127 cm³/mol. The molecular formula is C22H31FN4O4S. The summed E-state index contributed by atoms with van der Waals surface area (Å²) in [6.07, 6.45) is 3.26. The van der Waals surface area contributed by atoms with Crippen LogP contribution in [0.3, 0.4) is 0 Å². The molecule has 0 bridgehead atoms. The highest BCUT2D eigenvalue weighted by Gasteiger charge is 2.20. The molecule has 10 heteroatoms. The Hall–Kier alpha value is -3.40. The summed E-state index contributed by atoms with van der Waals surface area (Å²) in [5.41, 5.74) is 0.980. The van der Waals surface area contributed by atoms with Crippen LogP contribution < -0.4 is 15.4 Å². The minimum absolute atomic E-state index is 0. The highest BCUT2D eigenvalue weighted by molar-refractivity contribution is 7.90. The van der Waals surface area contributed by atoms with E-state index in [0.717, 1.165) is 12.8 Å². The molecule has 8 nitrogen and oxygen atoms in total. The van der Waals surface area contributed by atoms with Gasteiger partial charge in [0, 0.05) is 28.1 Å². The van der Waals surface area contributed by atoms with Crippen LogP contribution in [0.4, 0.5) is 14.9 Å². The van der Waals surface area contributed by atoms with Crippen LogP contribution in [0.15, 0.2) is 59.6 Å². The number of carbonyl (C=O) groups is 2. The summed E-state index contributed by atoms with van der Waals surface area (Å²) in [7, 11) is -4.04. The Balaban J connectivity index is 0.00000385. The minimum atomic E-state index is -4.04. The number of nitrogens with zero attached hydrogens (tertiary/aromatic N) is 1. The molecule has 0 aliphatic carbocycles. The van der Waals surface area contributed by atoms with E-state index in [4.69, 9.17) is 0 Å². The fraction of sp³-hybridized carbons (Fsp3) is 0.273. The second-order valence-corrected chi connectivity index (χ2v) is 8.98. The number of carbonyl (C=O) groups excluding carboxylic acids is 2. The van der Waals surface area contributed by atoms with Gasteiger partial charge in [0.15, 0.2) is 0 Å². The van der Waals surface area contributed by atoms with Crippen LogP contribution in [0.5, 0.6) is 0 Å². The number of hydrogen-bond acceptors (Lipinski definition) is 4. The lowest BCUT2D eigenvalue weighted by atomic mass is 10.2. The molecule has 2 aromatic carbocycles. The van der Waals surface area contributed by atoms with Crippen molar-refractivity contribution in [1.29, 1.82) is 0 Å². The molecule has 0 fully saturated rings. The first-order valence-corrected chi connectivity index (χ1v) is 11.7. The summed E-state index contributed by atoms with van der Waals surface area (Å²) < 4.78 is 42.2. The standard InChI is InChI=1S/C22H25FN4O4S.3H2/c1-3-4-13-24-22(29)26-32(30,31)17-10-8-16(9-11-17)25-21(28)15(2)27-14-12-18-19(23)6-5-7-20(18)27;;;/h5-12,14-15H,3-4,13H2,1-2H3,(H,25,28)(H2,24,26,29);3*1H/t15-;;;/m1.../s1. The van der Waals surface area contributed by atoms with Crippen LogP contribution in [0, 0.1) is 5.82 Å². The Kier molecular flexibility index (Phi) is 7.14. The van der Waals surface area contributed by atoms with Gasteiger partial charge in [-0.2, -0.15) is 0 Å². The van der Waals surface area contributed by atoms with Crippen molar-refractivity contribution in [3.05, 3.63) is 60.5 Å². The fourth-order valence-electron chi connectivity index (χ4n) is 3.17. The molecule has 0 saturated heterocycles. The lowest BCUT2D eigenvalue weighted by molar-refractivity contribution is -0.118. The Bertz CT molecular complexity index is 1240. The van der Waals surface area contributed by atoms with Gasteiger partial charge in [-0.1, -0.05) is 19.4 Å². The first kappa shape index (κ1) is 23.3. The summed E-state index contributed by atoms with van der Waals surface area (Å²) in [6.45, 7) is 4.02. The van der Waals surface area contributed by atoms with E-state index in [2.05, 4.69) is 10.6 Å². The number of nitrogens with one attached hydrogen (secondary N) is 3. The van der Waals surface area contributed by atoms with Gasteiger partial charge in [-0.15, -0.1) is 0 Å². The average molecular weight is 467 g/mol. The van der Waals surface area contributed by atoms with Gasteiger partial charge >= 0.3 is 6.03 Å². The fourth-order valence-corrected chi connectivity index (χ4v) is 4.10. The lowest BCUT2D eigenvalue weighted by Gasteiger charge is -2.16. The number of benzene rings is 2. The van der Waals surface area contributed by atoms with Crippen molar-refractivity contribution < 1.29 is 26.7 Å². The summed E-state index contributed by atoms with van der Waals surface area (Å²) >= 11 is 0. The van der Waals surface area contributed by atoms with E-state index in [-0.39, 0.29) is 20.9 Å². The van der Waals surface area contributed by atoms with Gasteiger partial charge in [0.05, 0.1) is 10.4 Å². The molecule has 3 aromatic rings. The molecule has 0 unspecified atom stereocenters. The first-order chi connectivity index (χ1) is 15.2. The normalized spacial score (nSPS) is 12.3. The number of halogens is 1. The first-order valence-electron chi connectivity index (χ1n) is 10.2. The quantitative estimate of drug-likeness (QED) is 0.425. The number of sulfonamides is 1. The number of amides is 3. The second kappa shape index (κ2) is 9.82. The maximum Gasteiger partial charge on any atom is 0.328 e. The second-order valence-electron chi connectivity index (χ2n) is 7.30. The minimum Gasteiger partial charge on any atom is -0.337 e. The smallest absolute Gasteiger partial charge is 0.328 e. The van der Waals surface area contributed by atoms with Gasteiger partial charge in [0.2, 0.25) is 5.91 Å². The highest BCUT2D eigenvalue weighted by atomic mass is 32.2. The summed E-state index contributed by atoms with van der Waals surface area (Å²) in [5, 5.41) is 5.62. The Morgan fingerprint density at radius 3 is 2.53 bits per heavy atom. The van der Waals surface area contributed by atoms with Gasteiger partial charge in [-0.25, -0.2) is 22.3 Å². The van der Waals surface area contributed by atoms with Crippen LogP contribution in [-0.2, 0) is 14.8 Å². The lowest BCUT2D eigenvalue weighted by Crippen LogP contribution is -2.39. The largest absolute Gasteiger partial charge is 0.337 e. The van der Waals surface area contributed by atoms with Gasteiger partial charge in [0.1, 0.15) is 11.9 Å². The molecule has 1 heterocycles. The van der Waals surface area contributed by atoms with Crippen molar-refractivity contribution in [3.8, 4) is 0 Å². The average Bonchev–Trinajstić information content (AvgIpc) is 3.19. The maximum atomic E-state index is 13.9.